The highest BCUT2D eigenvalue weighted by Gasteiger charge is 2.19. The highest BCUT2D eigenvalue weighted by Crippen LogP contribution is 2.43. The average molecular weight is 258 g/mol. The van der Waals surface area contributed by atoms with Crippen molar-refractivity contribution in [1.29, 1.82) is 0 Å². The van der Waals surface area contributed by atoms with Crippen molar-refractivity contribution >= 4 is 0 Å². The van der Waals surface area contributed by atoms with E-state index in [1.165, 1.54) is 12.7 Å². The lowest BCUT2D eigenvalue weighted by Crippen LogP contribution is -2.00. The van der Waals surface area contributed by atoms with E-state index in [1.54, 1.807) is 13.2 Å². The smallest absolute Gasteiger partial charge is 0.201 e. The summed E-state index contributed by atoms with van der Waals surface area (Å²) in [6, 6.07) is 13.8. The van der Waals surface area contributed by atoms with Gasteiger partial charge in [-0.2, -0.15) is 0 Å². The molecule has 19 heavy (non-hydrogen) atoms. The van der Waals surface area contributed by atoms with Gasteiger partial charge in [-0.15, -0.1) is 0 Å². The summed E-state index contributed by atoms with van der Waals surface area (Å²) < 4.78 is 10.4. The van der Waals surface area contributed by atoms with Crippen molar-refractivity contribution in [3.8, 4) is 17.2 Å². The predicted octanol–water partition coefficient (Wildman–Crippen LogP) is 3.56. The Bertz CT molecular complexity index is 549. The third-order valence-corrected chi connectivity index (χ3v) is 3.32. The number of benzene rings is 2. The van der Waals surface area contributed by atoms with E-state index in [4.69, 9.17) is 9.47 Å². The molecule has 0 bridgehead atoms. The molecule has 0 aliphatic heterocycles. The van der Waals surface area contributed by atoms with Crippen molar-refractivity contribution in [2.45, 2.75) is 12.8 Å². The first-order valence-corrected chi connectivity index (χ1v) is 6.17. The Labute approximate surface area is 113 Å². The quantitative estimate of drug-likeness (QED) is 0.911. The summed E-state index contributed by atoms with van der Waals surface area (Å²) in [5, 5.41) is 10.1. The lowest BCUT2D eigenvalue weighted by atomic mass is 9.92. The van der Waals surface area contributed by atoms with E-state index in [1.807, 2.05) is 24.3 Å². The maximum atomic E-state index is 10.1. The van der Waals surface area contributed by atoms with Crippen LogP contribution in [0.15, 0.2) is 42.5 Å². The van der Waals surface area contributed by atoms with E-state index in [0.29, 0.717) is 11.5 Å². The zero-order valence-electron chi connectivity index (χ0n) is 11.4. The number of aromatic hydroxyl groups is 1. The number of hydrogen-bond donors (Lipinski definition) is 1. The third-order valence-electron chi connectivity index (χ3n) is 3.32. The average Bonchev–Trinajstić information content (AvgIpc) is 2.47. The summed E-state index contributed by atoms with van der Waals surface area (Å²) in [5.41, 5.74) is 2.11. The highest BCUT2D eigenvalue weighted by molar-refractivity contribution is 5.57. The van der Waals surface area contributed by atoms with Crippen LogP contribution in [0.1, 0.15) is 24.0 Å². The van der Waals surface area contributed by atoms with Crippen molar-refractivity contribution in [3.05, 3.63) is 53.6 Å². The molecule has 2 aromatic carbocycles. The molecular formula is C16H18O3. The van der Waals surface area contributed by atoms with E-state index in [2.05, 4.69) is 19.1 Å². The summed E-state index contributed by atoms with van der Waals surface area (Å²) in [6.07, 6.45) is 0. The minimum absolute atomic E-state index is 0.0466. The van der Waals surface area contributed by atoms with Crippen LogP contribution in [0.4, 0.5) is 0 Å². The first-order chi connectivity index (χ1) is 9.19. The Morgan fingerprint density at radius 3 is 2.21 bits per heavy atom. The van der Waals surface area contributed by atoms with E-state index in [0.717, 1.165) is 5.56 Å². The van der Waals surface area contributed by atoms with E-state index >= 15 is 0 Å². The largest absolute Gasteiger partial charge is 0.502 e. The molecular weight excluding hydrogens is 240 g/mol. The molecule has 0 heterocycles. The summed E-state index contributed by atoms with van der Waals surface area (Å²) in [7, 11) is 3.07. The van der Waals surface area contributed by atoms with Crippen molar-refractivity contribution in [2.24, 2.45) is 0 Å². The van der Waals surface area contributed by atoms with Crippen LogP contribution in [-0.4, -0.2) is 19.3 Å². The summed E-state index contributed by atoms with van der Waals surface area (Å²) in [5.74, 6) is 1.06. The summed E-state index contributed by atoms with van der Waals surface area (Å²) in [4.78, 5) is 0. The molecule has 1 atom stereocenters. The SMILES string of the molecule is COc1ccc(C(C)c2ccccc2)c(OC)c1O. The summed E-state index contributed by atoms with van der Waals surface area (Å²) >= 11 is 0. The van der Waals surface area contributed by atoms with Gasteiger partial charge in [-0.1, -0.05) is 43.3 Å². The van der Waals surface area contributed by atoms with Gasteiger partial charge in [0, 0.05) is 11.5 Å². The number of methoxy groups -OCH3 is 2. The fourth-order valence-corrected chi connectivity index (χ4v) is 2.21. The standard InChI is InChI=1S/C16H18O3/c1-11(12-7-5-4-6-8-12)13-9-10-14(18-2)15(17)16(13)19-3/h4-11,17H,1-3H3. The molecule has 1 N–H and O–H groups in total. The van der Waals surface area contributed by atoms with Crippen LogP contribution in [0.5, 0.6) is 17.2 Å². The Morgan fingerprint density at radius 1 is 0.947 bits per heavy atom. The van der Waals surface area contributed by atoms with Gasteiger partial charge in [0.05, 0.1) is 14.2 Å². The normalized spacial score (nSPS) is 11.9. The van der Waals surface area contributed by atoms with Gasteiger partial charge in [-0.25, -0.2) is 0 Å². The number of hydrogen-bond acceptors (Lipinski definition) is 3. The molecule has 0 aliphatic rings. The van der Waals surface area contributed by atoms with Crippen LogP contribution >= 0.6 is 0 Å². The first-order valence-electron chi connectivity index (χ1n) is 6.17. The second kappa shape index (κ2) is 5.65. The fourth-order valence-electron chi connectivity index (χ4n) is 2.21. The van der Waals surface area contributed by atoms with Crippen molar-refractivity contribution in [1.82, 2.24) is 0 Å². The Kier molecular flexibility index (Phi) is 3.95. The zero-order valence-corrected chi connectivity index (χ0v) is 11.4. The lowest BCUT2D eigenvalue weighted by molar-refractivity contribution is 0.336. The lowest BCUT2D eigenvalue weighted by Gasteiger charge is -2.18. The molecule has 100 valence electrons. The van der Waals surface area contributed by atoms with Gasteiger partial charge in [0.15, 0.2) is 11.5 Å². The zero-order chi connectivity index (χ0) is 13.8. The Morgan fingerprint density at radius 2 is 1.63 bits per heavy atom. The van der Waals surface area contributed by atoms with Crippen molar-refractivity contribution < 1.29 is 14.6 Å². The highest BCUT2D eigenvalue weighted by atomic mass is 16.5. The monoisotopic (exact) mass is 258 g/mol. The van der Waals surface area contributed by atoms with Crippen LogP contribution < -0.4 is 9.47 Å². The van der Waals surface area contributed by atoms with Gasteiger partial charge in [0.2, 0.25) is 5.75 Å². The van der Waals surface area contributed by atoms with Gasteiger partial charge < -0.3 is 14.6 Å². The molecule has 2 rings (SSSR count). The van der Waals surface area contributed by atoms with Crippen LogP contribution in [0.2, 0.25) is 0 Å². The Balaban J connectivity index is 2.48. The van der Waals surface area contributed by atoms with E-state index < -0.39 is 0 Å². The minimum Gasteiger partial charge on any atom is -0.502 e. The maximum Gasteiger partial charge on any atom is 0.201 e. The number of phenols is 1. The van der Waals surface area contributed by atoms with Gasteiger partial charge in [-0.3, -0.25) is 0 Å². The van der Waals surface area contributed by atoms with Gasteiger partial charge in [0.25, 0.3) is 0 Å². The second-order valence-electron chi connectivity index (χ2n) is 4.37. The van der Waals surface area contributed by atoms with Crippen molar-refractivity contribution in [2.75, 3.05) is 14.2 Å². The van der Waals surface area contributed by atoms with Crippen LogP contribution in [0.25, 0.3) is 0 Å². The number of ether oxygens (including phenoxy) is 2. The van der Waals surface area contributed by atoms with Crippen molar-refractivity contribution in [3.63, 3.8) is 0 Å². The molecule has 3 nitrogen and oxygen atoms in total. The van der Waals surface area contributed by atoms with Gasteiger partial charge in [-0.05, 0) is 11.6 Å². The molecule has 3 heteroatoms. The molecule has 1 unspecified atom stereocenters. The first kappa shape index (κ1) is 13.3. The Hall–Kier alpha value is -2.16. The molecule has 0 saturated carbocycles. The van der Waals surface area contributed by atoms with Crippen LogP contribution in [-0.2, 0) is 0 Å². The molecule has 2 aromatic rings. The molecule has 0 saturated heterocycles. The molecule has 0 amide bonds. The van der Waals surface area contributed by atoms with Gasteiger partial charge in [0.1, 0.15) is 0 Å². The number of phenolic OH excluding ortho intramolecular Hbond substituents is 1. The minimum atomic E-state index is 0.0466. The van der Waals surface area contributed by atoms with E-state index in [-0.39, 0.29) is 11.7 Å². The van der Waals surface area contributed by atoms with Crippen LogP contribution in [0.3, 0.4) is 0 Å². The molecule has 0 aromatic heterocycles. The molecule has 0 aliphatic carbocycles. The topological polar surface area (TPSA) is 38.7 Å². The fraction of sp³-hybridized carbons (Fsp3) is 0.250. The van der Waals surface area contributed by atoms with Crippen LogP contribution in [0, 0.1) is 0 Å². The second-order valence-corrected chi connectivity index (χ2v) is 4.37. The summed E-state index contributed by atoms with van der Waals surface area (Å²) in [6.45, 7) is 2.08. The maximum absolute atomic E-state index is 10.1. The molecule has 0 fully saturated rings. The predicted molar refractivity (Wildman–Crippen MR) is 75.2 cm³/mol. The molecule has 0 radical (unpaired) electrons. The van der Waals surface area contributed by atoms with E-state index in [9.17, 15) is 5.11 Å². The number of rotatable bonds is 4. The van der Waals surface area contributed by atoms with Gasteiger partial charge >= 0.3 is 0 Å². The molecule has 0 spiro atoms. The third kappa shape index (κ3) is 2.50.